The van der Waals surface area contributed by atoms with Crippen LogP contribution in [0, 0.1) is 0 Å². The van der Waals surface area contributed by atoms with Crippen molar-refractivity contribution in [2.24, 2.45) is 0 Å². The van der Waals surface area contributed by atoms with Crippen LogP contribution in [-0.2, 0) is 13.0 Å². The first kappa shape index (κ1) is 13.5. The van der Waals surface area contributed by atoms with E-state index in [4.69, 9.17) is 4.74 Å². The minimum atomic E-state index is -4.17. The lowest BCUT2D eigenvalue weighted by Gasteiger charge is -2.09. The molecular weight excluding hydrogens is 253 g/mol. The van der Waals surface area contributed by atoms with E-state index in [1.807, 2.05) is 30.3 Å². The molecule has 0 aromatic heterocycles. The summed E-state index contributed by atoms with van der Waals surface area (Å²) in [7, 11) is 0. The van der Waals surface area contributed by atoms with E-state index < -0.39 is 12.6 Å². The van der Waals surface area contributed by atoms with Crippen LogP contribution in [-0.4, -0.2) is 6.18 Å². The molecular formula is C15H13F3O. The largest absolute Gasteiger partial charge is 0.489 e. The van der Waals surface area contributed by atoms with Crippen LogP contribution in [0.4, 0.5) is 13.2 Å². The molecule has 4 heteroatoms. The van der Waals surface area contributed by atoms with Gasteiger partial charge in [-0.15, -0.1) is 0 Å². The van der Waals surface area contributed by atoms with Gasteiger partial charge in [0, 0.05) is 0 Å². The zero-order valence-corrected chi connectivity index (χ0v) is 10.2. The second-order valence-electron chi connectivity index (χ2n) is 4.21. The van der Waals surface area contributed by atoms with Gasteiger partial charge in [-0.05, 0) is 23.3 Å². The summed E-state index contributed by atoms with van der Waals surface area (Å²) in [5.41, 5.74) is 1.25. The fraction of sp³-hybridized carbons (Fsp3) is 0.200. The van der Waals surface area contributed by atoms with E-state index in [1.165, 1.54) is 12.1 Å². The number of alkyl halides is 3. The first-order valence-electron chi connectivity index (χ1n) is 5.85. The summed E-state index contributed by atoms with van der Waals surface area (Å²) in [6, 6.07) is 15.6. The standard InChI is InChI=1S/C15H13F3O/c16-15(17,18)10-12-6-8-14(9-7-12)19-11-13-4-2-1-3-5-13/h1-9H,10-11H2. The van der Waals surface area contributed by atoms with E-state index in [0.717, 1.165) is 5.56 Å². The SMILES string of the molecule is FC(F)(F)Cc1ccc(OCc2ccccc2)cc1. The molecule has 19 heavy (non-hydrogen) atoms. The molecule has 0 atom stereocenters. The number of hydrogen-bond donors (Lipinski definition) is 0. The van der Waals surface area contributed by atoms with Gasteiger partial charge >= 0.3 is 6.18 Å². The zero-order chi connectivity index (χ0) is 13.7. The van der Waals surface area contributed by atoms with Gasteiger partial charge < -0.3 is 4.74 Å². The molecule has 0 fully saturated rings. The normalized spacial score (nSPS) is 11.3. The van der Waals surface area contributed by atoms with Gasteiger partial charge in [-0.25, -0.2) is 0 Å². The summed E-state index contributed by atoms with van der Waals surface area (Å²) in [5.74, 6) is 0.565. The van der Waals surface area contributed by atoms with E-state index in [0.29, 0.717) is 12.4 Å². The number of ether oxygens (including phenoxy) is 1. The molecule has 0 N–H and O–H groups in total. The predicted octanol–water partition coefficient (Wildman–Crippen LogP) is 4.37. The average molecular weight is 266 g/mol. The Kier molecular flexibility index (Phi) is 4.10. The van der Waals surface area contributed by atoms with Gasteiger partial charge in [0.05, 0.1) is 6.42 Å². The van der Waals surface area contributed by atoms with Crippen LogP contribution in [0.5, 0.6) is 5.75 Å². The predicted molar refractivity (Wildman–Crippen MR) is 67.0 cm³/mol. The van der Waals surface area contributed by atoms with E-state index in [2.05, 4.69) is 0 Å². The van der Waals surface area contributed by atoms with E-state index in [9.17, 15) is 13.2 Å². The molecule has 0 aliphatic carbocycles. The van der Waals surface area contributed by atoms with Crippen molar-refractivity contribution in [2.75, 3.05) is 0 Å². The van der Waals surface area contributed by atoms with Crippen LogP contribution >= 0.6 is 0 Å². The molecule has 100 valence electrons. The van der Waals surface area contributed by atoms with Crippen molar-refractivity contribution in [2.45, 2.75) is 19.2 Å². The molecule has 2 rings (SSSR count). The Morgan fingerprint density at radius 2 is 1.42 bits per heavy atom. The fourth-order valence-electron chi connectivity index (χ4n) is 1.68. The minimum Gasteiger partial charge on any atom is -0.489 e. The Hall–Kier alpha value is -1.97. The Bertz CT molecular complexity index is 503. The molecule has 0 aliphatic heterocycles. The lowest BCUT2D eigenvalue weighted by molar-refractivity contribution is -0.127. The molecule has 0 heterocycles. The third-order valence-electron chi connectivity index (χ3n) is 2.58. The minimum absolute atomic E-state index is 0.236. The summed E-state index contributed by atoms with van der Waals surface area (Å²) in [6.07, 6.45) is -5.08. The first-order valence-corrected chi connectivity index (χ1v) is 5.85. The summed E-state index contributed by atoms with van der Waals surface area (Å²) < 4.78 is 42.0. The van der Waals surface area contributed by atoms with Gasteiger partial charge in [0.1, 0.15) is 12.4 Å². The van der Waals surface area contributed by atoms with Crippen molar-refractivity contribution >= 4 is 0 Å². The zero-order valence-electron chi connectivity index (χ0n) is 10.2. The van der Waals surface area contributed by atoms with Crippen molar-refractivity contribution in [1.29, 1.82) is 0 Å². The summed E-state index contributed by atoms with van der Waals surface area (Å²) in [6.45, 7) is 0.402. The second kappa shape index (κ2) is 5.78. The third-order valence-corrected chi connectivity index (χ3v) is 2.58. The van der Waals surface area contributed by atoms with Gasteiger partial charge in [0.2, 0.25) is 0 Å². The number of benzene rings is 2. The summed E-state index contributed by atoms with van der Waals surface area (Å²) in [4.78, 5) is 0. The Labute approximate surface area is 109 Å². The third kappa shape index (κ3) is 4.66. The number of halogens is 3. The van der Waals surface area contributed by atoms with Crippen LogP contribution in [0.2, 0.25) is 0 Å². The monoisotopic (exact) mass is 266 g/mol. The van der Waals surface area contributed by atoms with Crippen molar-refractivity contribution in [1.82, 2.24) is 0 Å². The maximum Gasteiger partial charge on any atom is 0.393 e. The van der Waals surface area contributed by atoms with Gasteiger partial charge in [0.15, 0.2) is 0 Å². The van der Waals surface area contributed by atoms with Crippen LogP contribution in [0.25, 0.3) is 0 Å². The molecule has 0 saturated carbocycles. The Balaban J connectivity index is 1.92. The fourth-order valence-corrected chi connectivity index (χ4v) is 1.68. The highest BCUT2D eigenvalue weighted by molar-refractivity contribution is 5.28. The highest BCUT2D eigenvalue weighted by atomic mass is 19.4. The summed E-state index contributed by atoms with van der Waals surface area (Å²) in [5, 5.41) is 0. The lowest BCUT2D eigenvalue weighted by atomic mass is 10.1. The van der Waals surface area contributed by atoms with Crippen LogP contribution in [0.1, 0.15) is 11.1 Å². The molecule has 0 bridgehead atoms. The van der Waals surface area contributed by atoms with Gasteiger partial charge in [-0.2, -0.15) is 13.2 Å². The van der Waals surface area contributed by atoms with Gasteiger partial charge in [-0.3, -0.25) is 0 Å². The first-order chi connectivity index (χ1) is 9.03. The number of rotatable bonds is 4. The molecule has 0 unspecified atom stereocenters. The smallest absolute Gasteiger partial charge is 0.393 e. The van der Waals surface area contributed by atoms with E-state index in [1.54, 1.807) is 12.1 Å². The van der Waals surface area contributed by atoms with Crippen molar-refractivity contribution in [3.05, 3.63) is 65.7 Å². The van der Waals surface area contributed by atoms with E-state index >= 15 is 0 Å². The van der Waals surface area contributed by atoms with Gasteiger partial charge in [-0.1, -0.05) is 42.5 Å². The highest BCUT2D eigenvalue weighted by Crippen LogP contribution is 2.23. The molecule has 2 aromatic rings. The van der Waals surface area contributed by atoms with Gasteiger partial charge in [0.25, 0.3) is 0 Å². The van der Waals surface area contributed by atoms with Crippen molar-refractivity contribution in [3.63, 3.8) is 0 Å². The van der Waals surface area contributed by atoms with E-state index in [-0.39, 0.29) is 5.56 Å². The van der Waals surface area contributed by atoms with Crippen LogP contribution in [0.3, 0.4) is 0 Å². The lowest BCUT2D eigenvalue weighted by Crippen LogP contribution is -2.11. The summed E-state index contributed by atoms with van der Waals surface area (Å²) >= 11 is 0. The molecule has 2 aromatic carbocycles. The van der Waals surface area contributed by atoms with Crippen LogP contribution < -0.4 is 4.74 Å². The Morgan fingerprint density at radius 3 is 2.00 bits per heavy atom. The number of hydrogen-bond acceptors (Lipinski definition) is 1. The Morgan fingerprint density at radius 1 is 0.789 bits per heavy atom. The van der Waals surface area contributed by atoms with Crippen molar-refractivity contribution < 1.29 is 17.9 Å². The molecule has 0 saturated heterocycles. The molecule has 1 nitrogen and oxygen atoms in total. The maximum absolute atomic E-state index is 12.2. The molecule has 0 spiro atoms. The second-order valence-corrected chi connectivity index (χ2v) is 4.21. The topological polar surface area (TPSA) is 9.23 Å². The van der Waals surface area contributed by atoms with Crippen LogP contribution in [0.15, 0.2) is 54.6 Å². The molecule has 0 aliphatic rings. The van der Waals surface area contributed by atoms with Crippen molar-refractivity contribution in [3.8, 4) is 5.75 Å². The maximum atomic E-state index is 12.2. The average Bonchev–Trinajstić information content (AvgIpc) is 2.37. The molecule has 0 amide bonds. The highest BCUT2D eigenvalue weighted by Gasteiger charge is 2.27. The quantitative estimate of drug-likeness (QED) is 0.798. The molecule has 0 radical (unpaired) electrons.